The minimum Gasteiger partial charge on any atom is -0.398 e. The standard InChI is InChI=1S/C20H27N5OS.2H2/c1-12(2)19-18(13-5-7-23-8-6-13)15-9-14(11-21)17(22)10-16(15)20(24-19)25-27(3,4)26;;/h5,9-12,21,23H,6-8,22H2,1-4H3;2*1H. The molecule has 2 aromatic rings. The molecular formula is C20H31N5OS. The molecule has 4 N–H and O–H groups in total. The van der Waals surface area contributed by atoms with E-state index in [4.69, 9.17) is 16.1 Å². The second kappa shape index (κ2) is 7.40. The van der Waals surface area contributed by atoms with Crippen LogP contribution in [0.5, 0.6) is 0 Å². The molecule has 3 rings (SSSR count). The molecule has 1 aliphatic heterocycles. The molecular weight excluding hydrogens is 358 g/mol. The molecule has 0 radical (unpaired) electrons. The maximum atomic E-state index is 12.4. The molecule has 1 aromatic heterocycles. The molecule has 1 aromatic carbocycles. The highest BCUT2D eigenvalue weighted by molar-refractivity contribution is 7.92. The molecule has 0 saturated heterocycles. The van der Waals surface area contributed by atoms with Gasteiger partial charge in [0.05, 0.1) is 5.69 Å². The monoisotopic (exact) mass is 389 g/mol. The van der Waals surface area contributed by atoms with Crippen molar-refractivity contribution in [3.63, 3.8) is 0 Å². The molecule has 0 unspecified atom stereocenters. The average Bonchev–Trinajstić information content (AvgIpc) is 2.60. The van der Waals surface area contributed by atoms with Gasteiger partial charge in [-0.2, -0.15) is 4.36 Å². The molecule has 0 bridgehead atoms. The van der Waals surface area contributed by atoms with Crippen LogP contribution in [0.25, 0.3) is 16.3 Å². The fourth-order valence-electron chi connectivity index (χ4n) is 3.40. The van der Waals surface area contributed by atoms with Crippen LogP contribution in [-0.2, 0) is 9.73 Å². The highest BCUT2D eigenvalue weighted by Crippen LogP contribution is 2.39. The van der Waals surface area contributed by atoms with Crippen LogP contribution in [0.1, 0.15) is 45.9 Å². The van der Waals surface area contributed by atoms with E-state index in [1.165, 1.54) is 11.8 Å². The van der Waals surface area contributed by atoms with E-state index in [0.29, 0.717) is 17.1 Å². The normalized spacial score (nSPS) is 15.1. The number of nitrogens with one attached hydrogen (secondary N) is 2. The van der Waals surface area contributed by atoms with Crippen LogP contribution in [-0.4, -0.2) is 41.0 Å². The van der Waals surface area contributed by atoms with Crippen molar-refractivity contribution in [3.05, 3.63) is 35.0 Å². The summed E-state index contributed by atoms with van der Waals surface area (Å²) >= 11 is 0. The second-order valence-electron chi connectivity index (χ2n) is 7.48. The Labute approximate surface area is 163 Å². The first-order valence-corrected chi connectivity index (χ1v) is 11.4. The number of rotatable bonds is 4. The number of pyridine rings is 1. The summed E-state index contributed by atoms with van der Waals surface area (Å²) in [7, 11) is -2.38. The van der Waals surface area contributed by atoms with Gasteiger partial charge in [-0.3, -0.25) is 0 Å². The number of aromatic nitrogens is 1. The summed E-state index contributed by atoms with van der Waals surface area (Å²) in [5.41, 5.74) is 10.6. The summed E-state index contributed by atoms with van der Waals surface area (Å²) < 4.78 is 16.8. The number of hydrogen-bond donors (Lipinski definition) is 3. The van der Waals surface area contributed by atoms with Crippen molar-refractivity contribution in [3.8, 4) is 0 Å². The van der Waals surface area contributed by atoms with Crippen molar-refractivity contribution in [2.45, 2.75) is 26.2 Å². The minimum absolute atomic E-state index is 0. The lowest BCUT2D eigenvalue weighted by Gasteiger charge is -2.22. The Kier molecular flexibility index (Phi) is 5.35. The van der Waals surface area contributed by atoms with Gasteiger partial charge < -0.3 is 16.5 Å². The molecule has 1 aliphatic rings. The maximum absolute atomic E-state index is 12.4. The lowest BCUT2D eigenvalue weighted by atomic mass is 9.89. The zero-order valence-corrected chi connectivity index (χ0v) is 17.1. The van der Waals surface area contributed by atoms with E-state index >= 15 is 0 Å². The van der Waals surface area contributed by atoms with Gasteiger partial charge in [-0.15, -0.1) is 0 Å². The average molecular weight is 390 g/mol. The van der Waals surface area contributed by atoms with Crippen LogP contribution in [0.4, 0.5) is 11.5 Å². The summed E-state index contributed by atoms with van der Waals surface area (Å²) in [5.74, 6) is 0.644. The lowest BCUT2D eigenvalue weighted by molar-refractivity contribution is 0.684. The molecule has 6 nitrogen and oxygen atoms in total. The fourth-order valence-corrected chi connectivity index (χ4v) is 3.96. The number of nitrogens with two attached hydrogens (primary N) is 1. The van der Waals surface area contributed by atoms with Crippen molar-refractivity contribution in [2.24, 2.45) is 4.36 Å². The Morgan fingerprint density at radius 3 is 2.67 bits per heavy atom. The van der Waals surface area contributed by atoms with E-state index < -0.39 is 9.73 Å². The number of fused-ring (bicyclic) bond motifs is 1. The predicted molar refractivity (Wildman–Crippen MR) is 120 cm³/mol. The molecule has 0 atom stereocenters. The number of nitrogen functional groups attached to an aromatic ring is 1. The van der Waals surface area contributed by atoms with Crippen molar-refractivity contribution < 1.29 is 7.06 Å². The van der Waals surface area contributed by atoms with Gasteiger partial charge in [0.25, 0.3) is 0 Å². The van der Waals surface area contributed by atoms with Gasteiger partial charge in [-0.25, -0.2) is 9.19 Å². The molecule has 0 spiro atoms. The quantitative estimate of drug-likeness (QED) is 0.539. The Balaban J connectivity index is 0.00000210. The molecule has 27 heavy (non-hydrogen) atoms. The second-order valence-corrected chi connectivity index (χ2v) is 10.0. The van der Waals surface area contributed by atoms with E-state index in [-0.39, 0.29) is 8.77 Å². The molecule has 148 valence electrons. The van der Waals surface area contributed by atoms with Gasteiger partial charge in [0, 0.05) is 60.1 Å². The van der Waals surface area contributed by atoms with Crippen LogP contribution < -0.4 is 11.1 Å². The van der Waals surface area contributed by atoms with Crippen molar-refractivity contribution in [1.82, 2.24) is 10.3 Å². The van der Waals surface area contributed by atoms with E-state index in [1.54, 1.807) is 12.5 Å². The number of hydrogen-bond acceptors (Lipinski definition) is 6. The summed E-state index contributed by atoms with van der Waals surface area (Å²) in [5, 5.41) is 12.8. The van der Waals surface area contributed by atoms with Gasteiger partial charge >= 0.3 is 0 Å². The van der Waals surface area contributed by atoms with Gasteiger partial charge in [0.2, 0.25) is 0 Å². The smallest absolute Gasteiger partial charge is 0.169 e. The third-order valence-corrected chi connectivity index (χ3v) is 5.22. The topological polar surface area (TPSA) is 104 Å². The number of anilines is 1. The molecule has 0 saturated carbocycles. The van der Waals surface area contributed by atoms with Crippen LogP contribution in [0.15, 0.2) is 22.6 Å². The van der Waals surface area contributed by atoms with E-state index in [0.717, 1.165) is 41.5 Å². The predicted octanol–water partition coefficient (Wildman–Crippen LogP) is 4.17. The third kappa shape index (κ3) is 4.04. The van der Waals surface area contributed by atoms with E-state index in [9.17, 15) is 4.21 Å². The van der Waals surface area contributed by atoms with Gasteiger partial charge in [0.1, 0.15) is 0 Å². The Hall–Kier alpha value is -2.25. The summed E-state index contributed by atoms with van der Waals surface area (Å²) in [6.45, 7) is 5.95. The minimum atomic E-state index is -2.38. The van der Waals surface area contributed by atoms with Crippen molar-refractivity contribution in [1.29, 1.82) is 5.41 Å². The molecule has 7 heteroatoms. The number of benzene rings is 1. The highest BCUT2D eigenvalue weighted by atomic mass is 32.2. The lowest BCUT2D eigenvalue weighted by Crippen LogP contribution is -2.20. The van der Waals surface area contributed by atoms with Crippen LogP contribution in [0, 0.1) is 5.41 Å². The SMILES string of the molecule is CC(C)c1nc(N=S(C)(C)=O)c2cc(N)c(C=N)cc2c1C1=CCNCC1.[HH].[HH]. The van der Waals surface area contributed by atoms with Gasteiger partial charge in [0.15, 0.2) is 5.82 Å². The molecule has 0 fully saturated rings. The van der Waals surface area contributed by atoms with E-state index in [1.807, 2.05) is 12.1 Å². The van der Waals surface area contributed by atoms with Crippen molar-refractivity contribution in [2.75, 3.05) is 31.3 Å². The van der Waals surface area contributed by atoms with Crippen LogP contribution >= 0.6 is 0 Å². The highest BCUT2D eigenvalue weighted by Gasteiger charge is 2.21. The first-order chi connectivity index (χ1) is 12.7. The first kappa shape index (κ1) is 19.5. The Morgan fingerprint density at radius 1 is 1.37 bits per heavy atom. The van der Waals surface area contributed by atoms with Crippen LogP contribution in [0.3, 0.4) is 0 Å². The summed E-state index contributed by atoms with van der Waals surface area (Å²) in [6.07, 6.45) is 7.59. The van der Waals surface area contributed by atoms with Gasteiger partial charge in [-0.05, 0) is 42.0 Å². The first-order valence-electron chi connectivity index (χ1n) is 9.06. The Bertz CT molecular complexity index is 1060. The largest absolute Gasteiger partial charge is 0.398 e. The third-order valence-electron chi connectivity index (χ3n) is 4.61. The van der Waals surface area contributed by atoms with Crippen LogP contribution in [0.2, 0.25) is 0 Å². The summed E-state index contributed by atoms with van der Waals surface area (Å²) in [6, 6.07) is 3.75. The fraction of sp³-hybridized carbons (Fsp3) is 0.400. The zero-order valence-electron chi connectivity index (χ0n) is 16.3. The maximum Gasteiger partial charge on any atom is 0.169 e. The Morgan fingerprint density at radius 2 is 2.11 bits per heavy atom. The molecule has 0 amide bonds. The number of nitrogens with zero attached hydrogens (tertiary/aromatic N) is 2. The van der Waals surface area contributed by atoms with E-state index in [2.05, 4.69) is 29.6 Å². The van der Waals surface area contributed by atoms with Crippen molar-refractivity contribution >= 4 is 43.8 Å². The molecule has 0 aliphatic carbocycles. The van der Waals surface area contributed by atoms with Gasteiger partial charge in [-0.1, -0.05) is 19.9 Å². The zero-order chi connectivity index (χ0) is 19.8. The summed E-state index contributed by atoms with van der Waals surface area (Å²) in [4.78, 5) is 4.84. The molecule has 2 heterocycles.